The van der Waals surface area contributed by atoms with E-state index in [0.717, 1.165) is 5.75 Å². The Hall–Kier alpha value is -0.380. The van der Waals surface area contributed by atoms with Crippen molar-refractivity contribution in [1.29, 1.82) is 0 Å². The average molecular weight is 233 g/mol. The lowest BCUT2D eigenvalue weighted by Gasteiger charge is -2.22. The lowest BCUT2D eigenvalue weighted by Crippen LogP contribution is -2.38. The first kappa shape index (κ1) is 14.6. The molecule has 0 aromatic rings. The Bertz CT molecular complexity index is 199. The minimum Gasteiger partial charge on any atom is -0.444 e. The van der Waals surface area contributed by atoms with Crippen LogP contribution in [-0.2, 0) is 4.74 Å². The fourth-order valence-electron chi connectivity index (χ4n) is 0.887. The number of alkyl carbamates (subject to hydrolysis) is 1. The van der Waals surface area contributed by atoms with E-state index < -0.39 is 5.60 Å². The fraction of sp³-hybridized carbons (Fsp3) is 0.909. The minimum atomic E-state index is -0.422. The van der Waals surface area contributed by atoms with E-state index in [9.17, 15) is 4.79 Å². The Morgan fingerprint density at radius 1 is 1.33 bits per heavy atom. The van der Waals surface area contributed by atoms with Crippen molar-refractivity contribution in [3.05, 3.63) is 0 Å². The van der Waals surface area contributed by atoms with Crippen LogP contribution in [0.5, 0.6) is 0 Å². The number of ether oxygens (including phenoxy) is 1. The number of carbonyl (C=O) groups is 1. The van der Waals surface area contributed by atoms with Crippen LogP contribution in [0.4, 0.5) is 4.79 Å². The fourth-order valence-corrected chi connectivity index (χ4v) is 1.64. The molecule has 1 N–H and O–H groups in total. The topological polar surface area (TPSA) is 38.3 Å². The molecule has 0 heterocycles. The van der Waals surface area contributed by atoms with Crippen molar-refractivity contribution in [2.45, 2.75) is 58.4 Å². The number of rotatable bonds is 4. The highest BCUT2D eigenvalue weighted by molar-refractivity contribution is 7.99. The predicted molar refractivity (Wildman–Crippen MR) is 66.4 cm³/mol. The molecule has 0 aromatic carbocycles. The van der Waals surface area contributed by atoms with Gasteiger partial charge in [0.15, 0.2) is 0 Å². The maximum absolute atomic E-state index is 11.4. The second-order valence-corrected chi connectivity index (χ2v) is 6.54. The zero-order valence-corrected chi connectivity index (χ0v) is 11.4. The van der Waals surface area contributed by atoms with Crippen LogP contribution in [-0.4, -0.2) is 28.7 Å². The van der Waals surface area contributed by atoms with Gasteiger partial charge in [-0.2, -0.15) is 11.8 Å². The molecule has 0 saturated heterocycles. The molecule has 0 aliphatic rings. The highest BCUT2D eigenvalue weighted by Crippen LogP contribution is 2.11. The monoisotopic (exact) mass is 233 g/mol. The van der Waals surface area contributed by atoms with Gasteiger partial charge in [-0.3, -0.25) is 0 Å². The van der Waals surface area contributed by atoms with Gasteiger partial charge in [-0.1, -0.05) is 13.8 Å². The molecule has 4 heteroatoms. The summed E-state index contributed by atoms with van der Waals surface area (Å²) in [5.74, 6) is 0.914. The third-order valence-electron chi connectivity index (χ3n) is 1.44. The molecule has 1 amide bonds. The molecule has 0 aliphatic heterocycles. The molecule has 0 rings (SSSR count). The van der Waals surface area contributed by atoms with E-state index in [2.05, 4.69) is 19.2 Å². The molecule has 0 spiro atoms. The third kappa shape index (κ3) is 9.91. The number of thioether (sulfide) groups is 1. The van der Waals surface area contributed by atoms with Crippen LogP contribution < -0.4 is 5.32 Å². The maximum Gasteiger partial charge on any atom is 0.407 e. The summed E-state index contributed by atoms with van der Waals surface area (Å²) >= 11 is 1.83. The van der Waals surface area contributed by atoms with Crippen molar-refractivity contribution in [2.24, 2.45) is 0 Å². The van der Waals surface area contributed by atoms with Crippen molar-refractivity contribution < 1.29 is 9.53 Å². The Balaban J connectivity index is 3.77. The normalized spacial score (nSPS) is 13.8. The molecule has 15 heavy (non-hydrogen) atoms. The Kier molecular flexibility index (Phi) is 6.10. The van der Waals surface area contributed by atoms with Crippen molar-refractivity contribution in [1.82, 2.24) is 5.32 Å². The van der Waals surface area contributed by atoms with Gasteiger partial charge in [-0.15, -0.1) is 0 Å². The lowest BCUT2D eigenvalue weighted by molar-refractivity contribution is 0.0513. The Morgan fingerprint density at radius 3 is 2.27 bits per heavy atom. The highest BCUT2D eigenvalue weighted by atomic mass is 32.2. The summed E-state index contributed by atoms with van der Waals surface area (Å²) in [5.41, 5.74) is -0.422. The van der Waals surface area contributed by atoms with Crippen LogP contribution in [0.1, 0.15) is 41.5 Å². The lowest BCUT2D eigenvalue weighted by atomic mass is 10.2. The standard InChI is InChI=1S/C11H23NO2S/c1-8(2)15-7-9(3)12-10(13)14-11(4,5)6/h8-9H,7H2,1-6H3,(H,12,13)/t9-/m1/s1. The largest absolute Gasteiger partial charge is 0.444 e. The van der Waals surface area contributed by atoms with Gasteiger partial charge in [0.05, 0.1) is 0 Å². The maximum atomic E-state index is 11.4. The average Bonchev–Trinajstić information content (AvgIpc) is 1.96. The van der Waals surface area contributed by atoms with Gasteiger partial charge in [0.1, 0.15) is 5.60 Å². The molecule has 0 fully saturated rings. The molecule has 0 saturated carbocycles. The number of hydrogen-bond acceptors (Lipinski definition) is 3. The second-order valence-electron chi connectivity index (χ2n) is 4.93. The quantitative estimate of drug-likeness (QED) is 0.811. The first-order chi connectivity index (χ1) is 6.70. The molecule has 1 atom stereocenters. The summed E-state index contributed by atoms with van der Waals surface area (Å²) in [6, 6.07) is 0.146. The number of amides is 1. The zero-order valence-electron chi connectivity index (χ0n) is 10.6. The molecule has 0 radical (unpaired) electrons. The molecule has 3 nitrogen and oxygen atoms in total. The van der Waals surface area contributed by atoms with E-state index in [-0.39, 0.29) is 12.1 Å². The van der Waals surface area contributed by atoms with E-state index in [1.807, 2.05) is 39.5 Å². The van der Waals surface area contributed by atoms with Crippen LogP contribution >= 0.6 is 11.8 Å². The third-order valence-corrected chi connectivity index (χ3v) is 2.80. The van der Waals surface area contributed by atoms with Crippen LogP contribution in [0.3, 0.4) is 0 Å². The van der Waals surface area contributed by atoms with Gasteiger partial charge in [0.2, 0.25) is 0 Å². The van der Waals surface area contributed by atoms with Gasteiger partial charge in [-0.05, 0) is 32.9 Å². The molecule has 0 aliphatic carbocycles. The molecule has 0 unspecified atom stereocenters. The predicted octanol–water partition coefficient (Wildman–Crippen LogP) is 3.04. The van der Waals surface area contributed by atoms with Gasteiger partial charge in [0, 0.05) is 11.8 Å². The summed E-state index contributed by atoms with van der Waals surface area (Å²) in [4.78, 5) is 11.4. The van der Waals surface area contributed by atoms with Crippen LogP contribution in [0.15, 0.2) is 0 Å². The van der Waals surface area contributed by atoms with Crippen molar-refractivity contribution in [3.63, 3.8) is 0 Å². The van der Waals surface area contributed by atoms with Crippen molar-refractivity contribution in [3.8, 4) is 0 Å². The summed E-state index contributed by atoms with van der Waals surface area (Å²) in [5, 5.41) is 3.40. The first-order valence-electron chi connectivity index (χ1n) is 5.32. The van der Waals surface area contributed by atoms with Gasteiger partial charge < -0.3 is 10.1 Å². The van der Waals surface area contributed by atoms with E-state index in [1.54, 1.807) is 0 Å². The Labute approximate surface area is 97.3 Å². The van der Waals surface area contributed by atoms with Gasteiger partial charge >= 0.3 is 6.09 Å². The summed E-state index contributed by atoms with van der Waals surface area (Å²) in [6.07, 6.45) is -0.334. The molecular formula is C11H23NO2S. The Morgan fingerprint density at radius 2 is 1.87 bits per heavy atom. The SMILES string of the molecule is CC(C)SC[C@@H](C)NC(=O)OC(C)(C)C. The molecular weight excluding hydrogens is 210 g/mol. The highest BCUT2D eigenvalue weighted by Gasteiger charge is 2.17. The van der Waals surface area contributed by atoms with Crippen molar-refractivity contribution in [2.75, 3.05) is 5.75 Å². The summed E-state index contributed by atoms with van der Waals surface area (Å²) in [7, 11) is 0. The summed E-state index contributed by atoms with van der Waals surface area (Å²) < 4.78 is 5.16. The number of nitrogens with one attached hydrogen (secondary N) is 1. The second kappa shape index (κ2) is 6.26. The summed E-state index contributed by atoms with van der Waals surface area (Å²) in [6.45, 7) is 11.9. The number of hydrogen-bond donors (Lipinski definition) is 1. The van der Waals surface area contributed by atoms with E-state index >= 15 is 0 Å². The van der Waals surface area contributed by atoms with E-state index in [4.69, 9.17) is 4.74 Å². The van der Waals surface area contributed by atoms with E-state index in [0.29, 0.717) is 5.25 Å². The molecule has 90 valence electrons. The van der Waals surface area contributed by atoms with Gasteiger partial charge in [0.25, 0.3) is 0 Å². The van der Waals surface area contributed by atoms with Gasteiger partial charge in [-0.25, -0.2) is 4.79 Å². The van der Waals surface area contributed by atoms with E-state index in [1.165, 1.54) is 0 Å². The van der Waals surface area contributed by atoms with Crippen molar-refractivity contribution >= 4 is 17.9 Å². The van der Waals surface area contributed by atoms with Crippen LogP contribution in [0, 0.1) is 0 Å². The number of carbonyl (C=O) groups excluding carboxylic acids is 1. The van der Waals surface area contributed by atoms with Crippen LogP contribution in [0.2, 0.25) is 0 Å². The van der Waals surface area contributed by atoms with Crippen LogP contribution in [0.25, 0.3) is 0 Å². The minimum absolute atomic E-state index is 0.146. The smallest absolute Gasteiger partial charge is 0.407 e. The zero-order chi connectivity index (χ0) is 12.1. The molecule has 0 aromatic heterocycles. The first-order valence-corrected chi connectivity index (χ1v) is 6.36. The molecule has 0 bridgehead atoms.